The van der Waals surface area contributed by atoms with E-state index < -0.39 is 35.5 Å². The second-order valence-electron chi connectivity index (χ2n) is 9.96. The molecule has 0 saturated heterocycles. The Morgan fingerprint density at radius 3 is 2.55 bits per heavy atom. The predicted octanol–water partition coefficient (Wildman–Crippen LogP) is 4.43. The van der Waals surface area contributed by atoms with Crippen LogP contribution in [0.2, 0.25) is 0 Å². The molecule has 0 aliphatic heterocycles. The minimum atomic E-state index is -0.698. The van der Waals surface area contributed by atoms with Gasteiger partial charge < -0.3 is 4.74 Å². The van der Waals surface area contributed by atoms with Crippen LogP contribution in [0, 0.1) is 43.8 Å². The van der Waals surface area contributed by atoms with Gasteiger partial charge in [-0.3, -0.25) is 4.79 Å². The fraction of sp³-hybridized carbons (Fsp3) is 0.818. The first-order chi connectivity index (χ1) is 13.6. The molecule has 7 heteroatoms. The summed E-state index contributed by atoms with van der Waals surface area (Å²) in [5, 5.41) is 6.20. The van der Waals surface area contributed by atoms with Crippen LogP contribution in [-0.4, -0.2) is 30.4 Å². The molecule has 0 aromatic carbocycles. The molecule has 7 nitrogen and oxygen atoms in total. The maximum absolute atomic E-state index is 13.2. The topological polar surface area (TPSA) is 102 Å². The highest BCUT2D eigenvalue weighted by Gasteiger charge is 2.68. The molecule has 3 aliphatic carbocycles. The lowest BCUT2D eigenvalue weighted by Crippen LogP contribution is -2.62. The Morgan fingerprint density at radius 1 is 1.28 bits per heavy atom. The zero-order valence-electron chi connectivity index (χ0n) is 17.8. The highest BCUT2D eigenvalue weighted by Crippen LogP contribution is 2.68. The summed E-state index contributed by atoms with van der Waals surface area (Å²) in [6, 6.07) is -0.572. The Bertz CT molecular complexity index is 739. The van der Waals surface area contributed by atoms with Crippen molar-refractivity contribution in [3.05, 3.63) is 22.5 Å². The molecule has 29 heavy (non-hydrogen) atoms. The van der Waals surface area contributed by atoms with Crippen LogP contribution >= 0.6 is 0 Å². The minimum absolute atomic E-state index is 0.0837. The molecule has 0 heterocycles. The lowest BCUT2D eigenvalue weighted by Gasteiger charge is -2.61. The second kappa shape index (κ2) is 7.40. The molecule has 3 aliphatic rings. The number of ether oxygens (including phenoxy) is 1. The van der Waals surface area contributed by atoms with Gasteiger partial charge in [0.1, 0.15) is 17.9 Å². The Kier molecular flexibility index (Phi) is 5.56. The predicted molar refractivity (Wildman–Crippen MR) is 109 cm³/mol. The number of nitroso groups, excluding NO2 is 2. The molecule has 0 spiro atoms. The Balaban J connectivity index is 2.22. The normalized spacial score (nSPS) is 46.8. The number of hydrogen-bond donors (Lipinski definition) is 0. The van der Waals surface area contributed by atoms with Crippen molar-refractivity contribution in [3.8, 4) is 0 Å². The van der Waals surface area contributed by atoms with E-state index >= 15 is 0 Å². The SMILES string of the molecule is C=C[C@]1(C)C[C@@H](OC(=O)CN=O)[C@]2(C)[C@H](C)CCC3(CCC(=O)[C@H]32)[C@@H](C)[C@@H]1N=O. The van der Waals surface area contributed by atoms with Crippen molar-refractivity contribution in [2.75, 3.05) is 6.54 Å². The molecular formula is C22H32N2O5. The van der Waals surface area contributed by atoms with E-state index in [0.717, 1.165) is 19.3 Å². The summed E-state index contributed by atoms with van der Waals surface area (Å²) in [5.74, 6) is -0.747. The van der Waals surface area contributed by atoms with Gasteiger partial charge in [-0.25, -0.2) is 4.79 Å². The molecule has 0 aromatic rings. The number of esters is 1. The molecule has 3 saturated carbocycles. The van der Waals surface area contributed by atoms with E-state index in [1.54, 1.807) is 6.08 Å². The molecule has 2 bridgehead atoms. The van der Waals surface area contributed by atoms with Crippen molar-refractivity contribution < 1.29 is 14.3 Å². The van der Waals surface area contributed by atoms with Crippen LogP contribution in [0.15, 0.2) is 23.0 Å². The van der Waals surface area contributed by atoms with Gasteiger partial charge in [0, 0.05) is 23.2 Å². The van der Waals surface area contributed by atoms with Crippen molar-refractivity contribution >= 4 is 11.8 Å². The second-order valence-corrected chi connectivity index (χ2v) is 9.96. The van der Waals surface area contributed by atoms with Gasteiger partial charge in [-0.05, 0) is 42.9 Å². The molecular weight excluding hydrogens is 372 g/mol. The lowest BCUT2D eigenvalue weighted by molar-refractivity contribution is -0.193. The van der Waals surface area contributed by atoms with Gasteiger partial charge in [0.25, 0.3) is 0 Å². The van der Waals surface area contributed by atoms with Crippen LogP contribution in [-0.2, 0) is 14.3 Å². The minimum Gasteiger partial charge on any atom is -0.460 e. The van der Waals surface area contributed by atoms with Crippen molar-refractivity contribution in [2.24, 2.45) is 44.4 Å². The van der Waals surface area contributed by atoms with Crippen LogP contribution in [0.1, 0.15) is 59.8 Å². The molecule has 0 radical (unpaired) electrons. The third-order valence-electron chi connectivity index (χ3n) is 8.88. The summed E-state index contributed by atoms with van der Waals surface area (Å²) in [7, 11) is 0. The third-order valence-corrected chi connectivity index (χ3v) is 8.88. The van der Waals surface area contributed by atoms with Gasteiger partial charge in [-0.15, -0.1) is 6.58 Å². The van der Waals surface area contributed by atoms with E-state index in [-0.39, 0.29) is 29.0 Å². The molecule has 3 fully saturated rings. The average molecular weight is 405 g/mol. The molecule has 1 unspecified atom stereocenters. The molecule has 8 atom stereocenters. The number of carbonyl (C=O) groups excluding carboxylic acids is 2. The monoisotopic (exact) mass is 404 g/mol. The third kappa shape index (κ3) is 2.99. The van der Waals surface area contributed by atoms with E-state index in [2.05, 4.69) is 37.7 Å². The highest BCUT2D eigenvalue weighted by atomic mass is 16.5. The van der Waals surface area contributed by atoms with Crippen LogP contribution in [0.4, 0.5) is 0 Å². The van der Waals surface area contributed by atoms with Crippen molar-refractivity contribution in [2.45, 2.75) is 71.9 Å². The molecule has 160 valence electrons. The summed E-state index contributed by atoms with van der Waals surface area (Å²) < 4.78 is 5.83. The van der Waals surface area contributed by atoms with E-state index in [9.17, 15) is 19.4 Å². The zero-order valence-corrected chi connectivity index (χ0v) is 17.8. The van der Waals surface area contributed by atoms with E-state index in [1.165, 1.54) is 0 Å². The Hall–Kier alpha value is -1.92. The van der Waals surface area contributed by atoms with Gasteiger partial charge in [0.15, 0.2) is 6.54 Å². The van der Waals surface area contributed by atoms with Gasteiger partial charge in [0.05, 0.1) is 0 Å². The van der Waals surface area contributed by atoms with Gasteiger partial charge in [0.2, 0.25) is 0 Å². The highest BCUT2D eigenvalue weighted by molar-refractivity contribution is 5.85. The summed E-state index contributed by atoms with van der Waals surface area (Å²) >= 11 is 0. The first-order valence-corrected chi connectivity index (χ1v) is 10.6. The van der Waals surface area contributed by atoms with Crippen molar-refractivity contribution in [1.29, 1.82) is 0 Å². The van der Waals surface area contributed by atoms with Gasteiger partial charge in [-0.2, -0.15) is 9.81 Å². The maximum Gasteiger partial charge on any atom is 0.331 e. The zero-order chi connectivity index (χ0) is 21.6. The van der Waals surface area contributed by atoms with Crippen molar-refractivity contribution in [1.82, 2.24) is 0 Å². The first kappa shape index (κ1) is 21.8. The van der Waals surface area contributed by atoms with E-state index in [0.29, 0.717) is 12.8 Å². The lowest BCUT2D eigenvalue weighted by atomic mass is 9.43. The van der Waals surface area contributed by atoms with E-state index in [1.807, 2.05) is 6.92 Å². The number of Topliss-reactive ketones (excluding diaryl/α,β-unsaturated/α-hetero) is 1. The number of nitrogens with zero attached hydrogens (tertiary/aromatic N) is 2. The average Bonchev–Trinajstić information content (AvgIpc) is 3.03. The number of rotatable bonds is 5. The summed E-state index contributed by atoms with van der Waals surface area (Å²) in [4.78, 5) is 48.2. The quantitative estimate of drug-likeness (QED) is 0.383. The van der Waals surface area contributed by atoms with Crippen LogP contribution in [0.5, 0.6) is 0 Å². The fourth-order valence-electron chi connectivity index (χ4n) is 6.96. The molecule has 0 aromatic heterocycles. The summed E-state index contributed by atoms with van der Waals surface area (Å²) in [6.07, 6.45) is 4.41. The summed E-state index contributed by atoms with van der Waals surface area (Å²) in [6.45, 7) is 11.5. The maximum atomic E-state index is 13.2. The molecule has 0 amide bonds. The Labute approximate surface area is 172 Å². The van der Waals surface area contributed by atoms with Crippen LogP contribution in [0.3, 0.4) is 0 Å². The number of carbonyl (C=O) groups is 2. The largest absolute Gasteiger partial charge is 0.460 e. The number of ketones is 1. The van der Waals surface area contributed by atoms with Gasteiger partial charge >= 0.3 is 5.97 Å². The van der Waals surface area contributed by atoms with E-state index in [4.69, 9.17) is 4.74 Å². The molecule has 0 N–H and O–H groups in total. The smallest absolute Gasteiger partial charge is 0.331 e. The fourth-order valence-corrected chi connectivity index (χ4v) is 6.96. The Morgan fingerprint density at radius 2 is 1.97 bits per heavy atom. The van der Waals surface area contributed by atoms with Crippen LogP contribution < -0.4 is 0 Å². The van der Waals surface area contributed by atoms with Crippen molar-refractivity contribution in [3.63, 3.8) is 0 Å². The summed E-state index contributed by atoms with van der Waals surface area (Å²) in [5.41, 5.74) is -1.62. The standard InChI is InChI=1S/C22H32N2O5/c1-6-20(4)11-16(29-17(26)12-23-27)21(5)13(2)7-9-22(14(3)19(20)24-28)10-8-15(25)18(21)22/h6,13-14,16,18-19H,1,7-12H2,2-5H3/t13-,14+,16-,18+,19+,20-,21+,22?/m1/s1. The van der Waals surface area contributed by atoms with Gasteiger partial charge in [-0.1, -0.05) is 44.1 Å². The molecule has 3 rings (SSSR count). The first-order valence-electron chi connectivity index (χ1n) is 10.6. The number of hydrogen-bond acceptors (Lipinski definition) is 7. The van der Waals surface area contributed by atoms with Crippen LogP contribution in [0.25, 0.3) is 0 Å².